The Morgan fingerprint density at radius 3 is 1.87 bits per heavy atom. The zero-order valence-electron chi connectivity index (χ0n) is 14.4. The normalized spacial score (nSPS) is 10.7. The van der Waals surface area contributed by atoms with Crippen LogP contribution >= 0.6 is 0 Å². The van der Waals surface area contributed by atoms with E-state index >= 15 is 0 Å². The van der Waals surface area contributed by atoms with Crippen molar-refractivity contribution in [2.24, 2.45) is 0 Å². The van der Waals surface area contributed by atoms with Gasteiger partial charge in [0.15, 0.2) is 5.78 Å². The van der Waals surface area contributed by atoms with E-state index in [0.717, 1.165) is 12.8 Å². The van der Waals surface area contributed by atoms with E-state index in [1.54, 1.807) is 0 Å². The maximum Gasteiger partial charge on any atom is 0.220 e. The topological polar surface area (TPSA) is 83.1 Å². The number of amides is 1. The van der Waals surface area contributed by atoms with Crippen LogP contribution in [0.25, 0.3) is 0 Å². The molecule has 0 saturated heterocycles. The Labute approximate surface area is 139 Å². The summed E-state index contributed by atoms with van der Waals surface area (Å²) in [6, 6.07) is 0. The van der Waals surface area contributed by atoms with Gasteiger partial charge in [-0.15, -0.1) is 0 Å². The summed E-state index contributed by atoms with van der Waals surface area (Å²) in [6.45, 7) is 7.52. The van der Waals surface area contributed by atoms with Gasteiger partial charge in [0.25, 0.3) is 0 Å². The van der Waals surface area contributed by atoms with Gasteiger partial charge >= 0.3 is 0 Å². The van der Waals surface area contributed by atoms with E-state index in [1.807, 2.05) is 0 Å². The summed E-state index contributed by atoms with van der Waals surface area (Å²) in [5.41, 5.74) is 0. The van der Waals surface area contributed by atoms with Crippen molar-refractivity contribution >= 4 is 11.7 Å². The summed E-state index contributed by atoms with van der Waals surface area (Å²) in [5, 5.41) is 2.80. The van der Waals surface area contributed by atoms with Gasteiger partial charge in [-0.25, -0.2) is 0 Å². The van der Waals surface area contributed by atoms with Crippen LogP contribution in [-0.2, 0) is 28.5 Å². The van der Waals surface area contributed by atoms with Gasteiger partial charge in [0.1, 0.15) is 6.61 Å². The van der Waals surface area contributed by atoms with Crippen LogP contribution in [0.4, 0.5) is 0 Å². The molecule has 0 aromatic carbocycles. The summed E-state index contributed by atoms with van der Waals surface area (Å²) < 4.78 is 21.0. The molecule has 0 aromatic rings. The van der Waals surface area contributed by atoms with Crippen LogP contribution in [-0.4, -0.2) is 71.1 Å². The number of rotatable bonds is 17. The van der Waals surface area contributed by atoms with Crippen LogP contribution in [0.2, 0.25) is 0 Å². The highest BCUT2D eigenvalue weighted by Crippen LogP contribution is 1.92. The molecular weight excluding hydrogens is 302 g/mol. The number of carbonyl (C=O) groups is 2. The average Bonchev–Trinajstić information content (AvgIpc) is 2.52. The first-order chi connectivity index (χ1) is 11.2. The number of ether oxygens (including phenoxy) is 4. The quantitative estimate of drug-likeness (QED) is 0.399. The molecule has 0 atom stereocenters. The van der Waals surface area contributed by atoms with E-state index in [9.17, 15) is 9.59 Å². The molecule has 0 aliphatic rings. The number of unbranched alkanes of at least 4 members (excludes halogenated alkanes) is 1. The minimum absolute atomic E-state index is 0.00820. The molecule has 1 amide bonds. The fourth-order valence-electron chi connectivity index (χ4n) is 1.56. The molecule has 23 heavy (non-hydrogen) atoms. The summed E-state index contributed by atoms with van der Waals surface area (Å²) in [7, 11) is 0. The van der Waals surface area contributed by atoms with Crippen LogP contribution in [0.5, 0.6) is 0 Å². The van der Waals surface area contributed by atoms with E-state index in [0.29, 0.717) is 59.2 Å². The second-order valence-corrected chi connectivity index (χ2v) is 5.05. The van der Waals surface area contributed by atoms with Crippen molar-refractivity contribution in [3.63, 3.8) is 0 Å². The maximum atomic E-state index is 11.3. The molecule has 0 bridgehead atoms. The van der Waals surface area contributed by atoms with Crippen molar-refractivity contribution in [3.8, 4) is 0 Å². The molecule has 136 valence electrons. The highest BCUT2D eigenvalue weighted by molar-refractivity contribution is 5.76. The molecule has 0 saturated carbocycles. The second-order valence-electron chi connectivity index (χ2n) is 5.05. The molecule has 0 unspecified atom stereocenters. The van der Waals surface area contributed by atoms with Gasteiger partial charge in [-0.1, -0.05) is 13.3 Å². The van der Waals surface area contributed by atoms with E-state index in [4.69, 9.17) is 18.9 Å². The Morgan fingerprint density at radius 2 is 1.35 bits per heavy atom. The predicted molar refractivity (Wildman–Crippen MR) is 86.5 cm³/mol. The lowest BCUT2D eigenvalue weighted by atomic mass is 10.2. The molecule has 1 N–H and O–H groups in total. The van der Waals surface area contributed by atoms with Crippen LogP contribution in [0, 0.1) is 0 Å². The first-order valence-corrected chi connectivity index (χ1v) is 8.24. The molecule has 0 heterocycles. The van der Waals surface area contributed by atoms with Gasteiger partial charge in [0, 0.05) is 13.0 Å². The first kappa shape index (κ1) is 22.0. The Kier molecular flexibility index (Phi) is 16.6. The summed E-state index contributed by atoms with van der Waals surface area (Å²) in [5.74, 6) is 0.0880. The Morgan fingerprint density at radius 1 is 0.826 bits per heavy atom. The zero-order valence-corrected chi connectivity index (χ0v) is 14.4. The largest absolute Gasteiger partial charge is 0.377 e. The standard InChI is InChI=1S/C16H31NO6/c1-3-4-5-16(19)17-6-7-20-8-9-21-10-11-22-12-13-23-14-15(2)18/h3-14H2,1-2H3,(H,17,19). The second kappa shape index (κ2) is 17.3. The molecular formula is C16H31NO6. The molecule has 7 heteroatoms. The van der Waals surface area contributed by atoms with Gasteiger partial charge < -0.3 is 24.3 Å². The van der Waals surface area contributed by atoms with Crippen molar-refractivity contribution < 1.29 is 28.5 Å². The molecule has 0 spiro atoms. The van der Waals surface area contributed by atoms with Gasteiger partial charge in [-0.05, 0) is 13.3 Å². The zero-order chi connectivity index (χ0) is 17.2. The fourth-order valence-corrected chi connectivity index (χ4v) is 1.56. The van der Waals surface area contributed by atoms with E-state index < -0.39 is 0 Å². The molecule has 0 aromatic heterocycles. The van der Waals surface area contributed by atoms with E-state index in [1.165, 1.54) is 6.92 Å². The highest BCUT2D eigenvalue weighted by atomic mass is 16.6. The number of nitrogens with one attached hydrogen (secondary N) is 1. The van der Waals surface area contributed by atoms with E-state index in [2.05, 4.69) is 12.2 Å². The molecule has 0 radical (unpaired) electrons. The smallest absolute Gasteiger partial charge is 0.220 e. The van der Waals surface area contributed by atoms with Gasteiger partial charge in [0.05, 0.1) is 46.2 Å². The molecule has 0 rings (SSSR count). The minimum Gasteiger partial charge on any atom is -0.377 e. The molecule has 7 nitrogen and oxygen atoms in total. The lowest BCUT2D eigenvalue weighted by Gasteiger charge is -2.08. The SMILES string of the molecule is CCCCC(=O)NCCOCCOCCOCCOCC(C)=O. The third kappa shape index (κ3) is 18.9. The van der Waals surface area contributed by atoms with Crippen LogP contribution < -0.4 is 5.32 Å². The predicted octanol–water partition coefficient (Wildman–Crippen LogP) is 0.948. The first-order valence-electron chi connectivity index (χ1n) is 8.24. The Bertz CT molecular complexity index is 298. The minimum atomic E-state index is 0.00820. The monoisotopic (exact) mass is 333 g/mol. The van der Waals surface area contributed by atoms with Crippen LogP contribution in [0.15, 0.2) is 0 Å². The van der Waals surface area contributed by atoms with Crippen molar-refractivity contribution in [2.45, 2.75) is 33.1 Å². The lowest BCUT2D eigenvalue weighted by molar-refractivity contribution is -0.122. The summed E-state index contributed by atoms with van der Waals surface area (Å²) in [4.78, 5) is 21.9. The van der Waals surface area contributed by atoms with Crippen molar-refractivity contribution in [1.29, 1.82) is 0 Å². The van der Waals surface area contributed by atoms with Gasteiger partial charge in [-0.2, -0.15) is 0 Å². The summed E-state index contributed by atoms with van der Waals surface area (Å²) >= 11 is 0. The molecule has 0 fully saturated rings. The van der Waals surface area contributed by atoms with Gasteiger partial charge in [0.2, 0.25) is 5.91 Å². The number of hydrogen-bond donors (Lipinski definition) is 1. The van der Waals surface area contributed by atoms with E-state index in [-0.39, 0.29) is 18.3 Å². The van der Waals surface area contributed by atoms with Crippen LogP contribution in [0.1, 0.15) is 33.1 Å². The molecule has 0 aliphatic heterocycles. The number of hydrogen-bond acceptors (Lipinski definition) is 6. The Hall–Kier alpha value is -1.02. The maximum absolute atomic E-state index is 11.3. The van der Waals surface area contributed by atoms with Crippen molar-refractivity contribution in [1.82, 2.24) is 5.32 Å². The fraction of sp³-hybridized carbons (Fsp3) is 0.875. The lowest BCUT2D eigenvalue weighted by Crippen LogP contribution is -2.27. The van der Waals surface area contributed by atoms with Gasteiger partial charge in [-0.3, -0.25) is 9.59 Å². The number of Topliss-reactive ketones (excluding diaryl/α,β-unsaturated/α-hetero) is 1. The average molecular weight is 333 g/mol. The molecule has 0 aliphatic carbocycles. The third-order valence-electron chi connectivity index (χ3n) is 2.75. The highest BCUT2D eigenvalue weighted by Gasteiger charge is 1.99. The van der Waals surface area contributed by atoms with Crippen molar-refractivity contribution in [3.05, 3.63) is 0 Å². The Balaban J connectivity index is 3.08. The number of carbonyl (C=O) groups excluding carboxylic acids is 2. The van der Waals surface area contributed by atoms with Crippen LogP contribution in [0.3, 0.4) is 0 Å². The van der Waals surface area contributed by atoms with Crippen molar-refractivity contribution in [2.75, 3.05) is 59.4 Å². The third-order valence-corrected chi connectivity index (χ3v) is 2.75. The number of ketones is 1. The summed E-state index contributed by atoms with van der Waals surface area (Å²) in [6.07, 6.45) is 2.53.